The van der Waals surface area contributed by atoms with Crippen molar-refractivity contribution < 1.29 is 24.5 Å². The van der Waals surface area contributed by atoms with E-state index in [1.54, 1.807) is 42.5 Å². The maximum Gasteiger partial charge on any atom is 0.306 e. The van der Waals surface area contributed by atoms with Crippen LogP contribution >= 0.6 is 11.8 Å². The van der Waals surface area contributed by atoms with Gasteiger partial charge in [0.2, 0.25) is 0 Å². The molecule has 0 unspecified atom stereocenters. The van der Waals surface area contributed by atoms with Gasteiger partial charge >= 0.3 is 5.97 Å². The zero-order valence-corrected chi connectivity index (χ0v) is 14.9. The van der Waals surface area contributed by atoms with Gasteiger partial charge in [0.05, 0.1) is 23.6 Å². The van der Waals surface area contributed by atoms with Crippen molar-refractivity contribution in [3.05, 3.63) is 59.0 Å². The molecule has 1 amide bonds. The molecule has 1 fully saturated rings. The highest BCUT2D eigenvalue weighted by Crippen LogP contribution is 2.30. The molecule has 3 rings (SSSR count). The Labute approximate surface area is 159 Å². The summed E-state index contributed by atoms with van der Waals surface area (Å²) in [4.78, 5) is 27.6. The predicted molar refractivity (Wildman–Crippen MR) is 103 cm³/mol. The van der Waals surface area contributed by atoms with E-state index in [4.69, 9.17) is 9.84 Å². The number of hydrogen-bond donors (Lipinski definition) is 3. The van der Waals surface area contributed by atoms with Gasteiger partial charge in [-0.25, -0.2) is 4.99 Å². The van der Waals surface area contributed by atoms with E-state index in [0.29, 0.717) is 27.1 Å². The Bertz CT molecular complexity index is 922. The molecule has 2 aromatic rings. The molecule has 1 aliphatic rings. The number of para-hydroxylation sites is 1. The highest BCUT2D eigenvalue weighted by atomic mass is 32.2. The number of amidine groups is 1. The largest absolute Gasteiger partial charge is 0.508 e. The lowest BCUT2D eigenvalue weighted by molar-refractivity contribution is -0.137. The molecule has 7 nitrogen and oxygen atoms in total. The average Bonchev–Trinajstić information content (AvgIpc) is 2.97. The normalized spacial score (nSPS) is 16.5. The van der Waals surface area contributed by atoms with Crippen molar-refractivity contribution in [2.75, 3.05) is 6.61 Å². The standard InChI is InChI=1S/C19H16N2O5S/c22-14-7-5-13(6-8-14)20-19-21-18(25)16(27-19)11-12-3-1-2-4-15(12)26-10-9-17(23)24/h1-8,11,22H,9-10H2,(H,23,24)(H,20,21,25)/b16-11+. The first-order valence-corrected chi connectivity index (χ1v) is 8.85. The fourth-order valence-corrected chi connectivity index (χ4v) is 3.08. The fraction of sp³-hybridized carbons (Fsp3) is 0.105. The van der Waals surface area contributed by atoms with Crippen molar-refractivity contribution in [2.24, 2.45) is 4.99 Å². The van der Waals surface area contributed by atoms with Crippen molar-refractivity contribution in [2.45, 2.75) is 6.42 Å². The third-order valence-electron chi connectivity index (χ3n) is 3.51. The maximum atomic E-state index is 12.2. The second-order valence-corrected chi connectivity index (χ2v) is 6.56. The number of carboxylic acid groups (broad SMARTS) is 1. The summed E-state index contributed by atoms with van der Waals surface area (Å²) in [6.07, 6.45) is 1.57. The highest BCUT2D eigenvalue weighted by molar-refractivity contribution is 8.18. The van der Waals surface area contributed by atoms with Crippen LogP contribution in [0.4, 0.5) is 5.69 Å². The predicted octanol–water partition coefficient (Wildman–Crippen LogP) is 3.14. The average molecular weight is 384 g/mol. The van der Waals surface area contributed by atoms with E-state index >= 15 is 0 Å². The molecule has 0 aliphatic carbocycles. The zero-order chi connectivity index (χ0) is 19.2. The molecule has 3 N–H and O–H groups in total. The summed E-state index contributed by atoms with van der Waals surface area (Å²) in [6, 6.07) is 13.4. The van der Waals surface area contributed by atoms with Gasteiger partial charge in [-0.15, -0.1) is 0 Å². The molecule has 0 spiro atoms. The number of phenols is 1. The first-order valence-electron chi connectivity index (χ1n) is 8.03. The summed E-state index contributed by atoms with van der Waals surface area (Å²) in [7, 11) is 0. The quantitative estimate of drug-likeness (QED) is 0.661. The molecule has 8 heteroatoms. The third kappa shape index (κ3) is 5.11. The lowest BCUT2D eigenvalue weighted by atomic mass is 10.2. The number of carboxylic acids is 1. The van der Waals surface area contributed by atoms with Crippen LogP contribution in [0, 0.1) is 0 Å². The topological polar surface area (TPSA) is 108 Å². The number of nitrogens with one attached hydrogen (secondary N) is 1. The third-order valence-corrected chi connectivity index (χ3v) is 4.42. The van der Waals surface area contributed by atoms with Crippen molar-refractivity contribution in [1.82, 2.24) is 5.32 Å². The number of nitrogens with zero attached hydrogens (tertiary/aromatic N) is 1. The Morgan fingerprint density at radius 1 is 1.19 bits per heavy atom. The summed E-state index contributed by atoms with van der Waals surface area (Å²) in [5, 5.41) is 21.1. The molecular weight excluding hydrogens is 368 g/mol. The number of rotatable bonds is 6. The van der Waals surface area contributed by atoms with E-state index in [9.17, 15) is 14.7 Å². The number of aliphatic carboxylic acids is 1. The van der Waals surface area contributed by atoms with Gasteiger partial charge in [-0.3, -0.25) is 9.59 Å². The number of carbonyl (C=O) groups is 2. The molecule has 1 heterocycles. The first-order chi connectivity index (χ1) is 13.0. The second-order valence-electron chi connectivity index (χ2n) is 5.53. The van der Waals surface area contributed by atoms with Crippen LogP contribution in [-0.2, 0) is 9.59 Å². The second kappa shape index (κ2) is 8.41. The molecule has 0 bridgehead atoms. The lowest BCUT2D eigenvalue weighted by Gasteiger charge is -2.08. The molecule has 2 aromatic carbocycles. The van der Waals surface area contributed by atoms with Gasteiger partial charge in [0.1, 0.15) is 11.5 Å². The highest BCUT2D eigenvalue weighted by Gasteiger charge is 2.24. The van der Waals surface area contributed by atoms with Crippen LogP contribution in [0.5, 0.6) is 11.5 Å². The van der Waals surface area contributed by atoms with E-state index in [2.05, 4.69) is 10.3 Å². The number of amides is 1. The summed E-state index contributed by atoms with van der Waals surface area (Å²) in [5.74, 6) is -0.574. The van der Waals surface area contributed by atoms with E-state index in [1.807, 2.05) is 0 Å². The van der Waals surface area contributed by atoms with Gasteiger partial charge < -0.3 is 20.3 Å². The van der Waals surface area contributed by atoms with Crippen molar-refractivity contribution >= 4 is 40.6 Å². The number of aromatic hydroxyl groups is 1. The van der Waals surface area contributed by atoms with Crippen LogP contribution in [0.3, 0.4) is 0 Å². The van der Waals surface area contributed by atoms with Crippen LogP contribution < -0.4 is 10.1 Å². The van der Waals surface area contributed by atoms with E-state index in [1.165, 1.54) is 23.9 Å². The first kappa shape index (κ1) is 18.5. The molecule has 1 aliphatic heterocycles. The Kier molecular flexibility index (Phi) is 5.77. The Morgan fingerprint density at radius 3 is 2.67 bits per heavy atom. The Hall–Kier alpha value is -3.26. The minimum absolute atomic E-state index is 0.0441. The maximum absolute atomic E-state index is 12.2. The zero-order valence-electron chi connectivity index (χ0n) is 14.1. The number of aliphatic imine (C=N–C) groups is 1. The van der Waals surface area contributed by atoms with Crippen LogP contribution in [0.25, 0.3) is 6.08 Å². The van der Waals surface area contributed by atoms with Crippen LogP contribution in [0.1, 0.15) is 12.0 Å². The molecule has 27 heavy (non-hydrogen) atoms. The SMILES string of the molecule is O=C(O)CCOc1ccccc1/C=C1/SC(=Nc2ccc(O)cc2)NC1=O. The van der Waals surface area contributed by atoms with E-state index in [0.717, 1.165) is 0 Å². The molecule has 0 atom stereocenters. The Balaban J connectivity index is 1.76. The summed E-state index contributed by atoms with van der Waals surface area (Å²) in [5.41, 5.74) is 1.28. The molecule has 138 valence electrons. The summed E-state index contributed by atoms with van der Waals surface area (Å²) < 4.78 is 5.51. The molecule has 0 radical (unpaired) electrons. The van der Waals surface area contributed by atoms with Gasteiger partial charge in [0.25, 0.3) is 5.91 Å². The molecule has 0 aromatic heterocycles. The minimum atomic E-state index is -0.938. The van der Waals surface area contributed by atoms with Gasteiger partial charge in [0.15, 0.2) is 5.17 Å². The summed E-state index contributed by atoms with van der Waals surface area (Å²) >= 11 is 1.19. The minimum Gasteiger partial charge on any atom is -0.508 e. The van der Waals surface area contributed by atoms with Crippen molar-refractivity contribution in [1.29, 1.82) is 0 Å². The number of phenolic OH excluding ortho intramolecular Hbond substituents is 1. The fourth-order valence-electron chi connectivity index (χ4n) is 2.25. The van der Waals surface area contributed by atoms with Gasteiger partial charge in [0, 0.05) is 5.56 Å². The van der Waals surface area contributed by atoms with E-state index < -0.39 is 5.97 Å². The van der Waals surface area contributed by atoms with Crippen molar-refractivity contribution in [3.63, 3.8) is 0 Å². The molecular formula is C19H16N2O5S. The number of hydrogen-bond acceptors (Lipinski definition) is 6. The lowest BCUT2D eigenvalue weighted by Crippen LogP contribution is -2.19. The number of carbonyl (C=O) groups excluding carboxylic acids is 1. The monoisotopic (exact) mass is 384 g/mol. The van der Waals surface area contributed by atoms with Crippen LogP contribution in [-0.4, -0.2) is 33.9 Å². The number of benzene rings is 2. The van der Waals surface area contributed by atoms with Gasteiger partial charge in [-0.2, -0.15) is 0 Å². The Morgan fingerprint density at radius 2 is 1.93 bits per heavy atom. The van der Waals surface area contributed by atoms with Gasteiger partial charge in [-0.05, 0) is 48.2 Å². The van der Waals surface area contributed by atoms with Gasteiger partial charge in [-0.1, -0.05) is 18.2 Å². The molecule has 0 saturated carbocycles. The summed E-state index contributed by atoms with van der Waals surface area (Å²) in [6.45, 7) is 0.0441. The number of ether oxygens (including phenoxy) is 1. The number of thioether (sulfide) groups is 1. The van der Waals surface area contributed by atoms with Crippen LogP contribution in [0.15, 0.2) is 58.4 Å². The molecule has 1 saturated heterocycles. The van der Waals surface area contributed by atoms with Crippen LogP contribution in [0.2, 0.25) is 0 Å². The van der Waals surface area contributed by atoms with Crippen molar-refractivity contribution in [3.8, 4) is 11.5 Å². The van der Waals surface area contributed by atoms with E-state index in [-0.39, 0.29) is 24.7 Å². The smallest absolute Gasteiger partial charge is 0.306 e.